The predicted octanol–water partition coefficient (Wildman–Crippen LogP) is 3.68. The first-order chi connectivity index (χ1) is 9.16. The maximum atomic E-state index is 10.5. The van der Waals surface area contributed by atoms with E-state index in [9.17, 15) is 4.79 Å². The molecule has 1 aromatic carbocycles. The summed E-state index contributed by atoms with van der Waals surface area (Å²) < 4.78 is 0. The third-order valence-corrected chi connectivity index (χ3v) is 3.93. The number of pyridine rings is 1. The SMILES string of the molecule is CC(C)c1cncc2cc(C3(N=C=O)CC3)ccc12. The smallest absolute Gasteiger partial charge is 0.235 e. The monoisotopic (exact) mass is 252 g/mol. The molecule has 0 bridgehead atoms. The minimum atomic E-state index is -0.302. The van der Waals surface area contributed by atoms with Gasteiger partial charge >= 0.3 is 0 Å². The van der Waals surface area contributed by atoms with Gasteiger partial charge in [0.25, 0.3) is 0 Å². The van der Waals surface area contributed by atoms with E-state index in [0.29, 0.717) is 5.92 Å². The molecule has 3 rings (SSSR count). The molecule has 0 radical (unpaired) electrons. The Bertz CT molecular complexity index is 680. The summed E-state index contributed by atoms with van der Waals surface area (Å²) in [6.45, 7) is 4.34. The Hall–Kier alpha value is -1.99. The van der Waals surface area contributed by atoms with Crippen molar-refractivity contribution in [3.63, 3.8) is 0 Å². The van der Waals surface area contributed by atoms with Crippen LogP contribution in [0.1, 0.15) is 43.7 Å². The number of carbonyl (C=O) groups excluding carboxylic acids is 1. The third kappa shape index (κ3) is 1.96. The number of nitrogens with zero attached hydrogens (tertiary/aromatic N) is 2. The van der Waals surface area contributed by atoms with E-state index in [1.54, 1.807) is 6.08 Å². The molecule has 0 atom stereocenters. The van der Waals surface area contributed by atoms with E-state index < -0.39 is 0 Å². The van der Waals surface area contributed by atoms with Crippen molar-refractivity contribution < 1.29 is 4.79 Å². The lowest BCUT2D eigenvalue weighted by molar-refractivity contribution is 0.556. The lowest BCUT2D eigenvalue weighted by atomic mass is 9.95. The van der Waals surface area contributed by atoms with Gasteiger partial charge in [-0.1, -0.05) is 26.0 Å². The van der Waals surface area contributed by atoms with Crippen LogP contribution in [0.2, 0.25) is 0 Å². The summed E-state index contributed by atoms with van der Waals surface area (Å²) in [7, 11) is 0. The molecule has 0 aliphatic heterocycles. The molecule has 1 aliphatic carbocycles. The van der Waals surface area contributed by atoms with Crippen molar-refractivity contribution in [1.82, 2.24) is 4.98 Å². The molecule has 1 aromatic heterocycles. The zero-order chi connectivity index (χ0) is 13.5. The van der Waals surface area contributed by atoms with E-state index in [-0.39, 0.29) is 5.54 Å². The maximum absolute atomic E-state index is 10.5. The Kier molecular flexibility index (Phi) is 2.72. The largest absolute Gasteiger partial charge is 0.264 e. The van der Waals surface area contributed by atoms with Crippen LogP contribution in [-0.4, -0.2) is 11.1 Å². The summed E-state index contributed by atoms with van der Waals surface area (Å²) in [5, 5.41) is 2.36. The van der Waals surface area contributed by atoms with Crippen LogP contribution in [0.3, 0.4) is 0 Å². The number of hydrogen-bond acceptors (Lipinski definition) is 3. The summed E-state index contributed by atoms with van der Waals surface area (Å²) >= 11 is 0. The number of aromatic nitrogens is 1. The van der Waals surface area contributed by atoms with Gasteiger partial charge in [-0.25, -0.2) is 4.79 Å². The molecule has 19 heavy (non-hydrogen) atoms. The van der Waals surface area contributed by atoms with E-state index in [0.717, 1.165) is 23.8 Å². The van der Waals surface area contributed by atoms with Crippen molar-refractivity contribution in [2.24, 2.45) is 4.99 Å². The zero-order valence-corrected chi connectivity index (χ0v) is 11.2. The van der Waals surface area contributed by atoms with Gasteiger partial charge in [0, 0.05) is 17.8 Å². The number of aliphatic imine (C=N–C) groups is 1. The second-order valence-corrected chi connectivity index (χ2v) is 5.55. The molecule has 2 aromatic rings. The van der Waals surface area contributed by atoms with Crippen molar-refractivity contribution in [2.75, 3.05) is 0 Å². The van der Waals surface area contributed by atoms with Crippen LogP contribution in [-0.2, 0) is 10.3 Å². The molecule has 1 fully saturated rings. The fourth-order valence-electron chi connectivity index (χ4n) is 2.62. The predicted molar refractivity (Wildman–Crippen MR) is 74.9 cm³/mol. The molecular formula is C16H16N2O. The van der Waals surface area contributed by atoms with E-state index in [2.05, 4.69) is 42.0 Å². The molecular weight excluding hydrogens is 236 g/mol. The molecule has 1 heterocycles. The quantitative estimate of drug-likeness (QED) is 0.617. The van der Waals surface area contributed by atoms with E-state index in [1.165, 1.54) is 10.9 Å². The van der Waals surface area contributed by atoms with Crippen LogP contribution in [0.15, 0.2) is 35.6 Å². The van der Waals surface area contributed by atoms with Gasteiger partial charge in [-0.3, -0.25) is 4.98 Å². The molecule has 0 amide bonds. The number of benzene rings is 1. The summed E-state index contributed by atoms with van der Waals surface area (Å²) in [6.07, 6.45) is 7.39. The molecule has 1 aliphatic rings. The Morgan fingerprint density at radius 3 is 2.74 bits per heavy atom. The van der Waals surface area contributed by atoms with Gasteiger partial charge in [0.15, 0.2) is 0 Å². The van der Waals surface area contributed by atoms with Crippen molar-refractivity contribution in [3.05, 3.63) is 41.7 Å². The highest BCUT2D eigenvalue weighted by atomic mass is 16.1. The molecule has 0 saturated heterocycles. The van der Waals surface area contributed by atoms with Crippen LogP contribution in [0, 0.1) is 0 Å². The summed E-state index contributed by atoms with van der Waals surface area (Å²) in [5.41, 5.74) is 2.06. The normalized spacial score (nSPS) is 16.4. The minimum absolute atomic E-state index is 0.302. The fourth-order valence-corrected chi connectivity index (χ4v) is 2.62. The first-order valence-corrected chi connectivity index (χ1v) is 6.63. The Balaban J connectivity index is 2.15. The van der Waals surface area contributed by atoms with Gasteiger partial charge in [-0.15, -0.1) is 0 Å². The van der Waals surface area contributed by atoms with E-state index >= 15 is 0 Å². The first kappa shape index (κ1) is 12.1. The van der Waals surface area contributed by atoms with Crippen molar-refractivity contribution in [3.8, 4) is 0 Å². The highest BCUT2D eigenvalue weighted by molar-refractivity contribution is 5.86. The zero-order valence-electron chi connectivity index (χ0n) is 11.2. The number of fused-ring (bicyclic) bond motifs is 1. The topological polar surface area (TPSA) is 42.3 Å². The molecule has 0 unspecified atom stereocenters. The van der Waals surface area contributed by atoms with Gasteiger partial charge in [0.1, 0.15) is 0 Å². The summed E-state index contributed by atoms with van der Waals surface area (Å²) in [5.74, 6) is 0.449. The Morgan fingerprint density at radius 2 is 2.11 bits per heavy atom. The van der Waals surface area contributed by atoms with Crippen LogP contribution >= 0.6 is 0 Å². The molecule has 3 heteroatoms. The second kappa shape index (κ2) is 4.29. The van der Waals surface area contributed by atoms with Gasteiger partial charge in [0.05, 0.1) is 5.54 Å². The summed E-state index contributed by atoms with van der Waals surface area (Å²) in [4.78, 5) is 18.8. The van der Waals surface area contributed by atoms with Crippen LogP contribution < -0.4 is 0 Å². The second-order valence-electron chi connectivity index (χ2n) is 5.55. The number of rotatable bonds is 3. The molecule has 96 valence electrons. The number of isocyanates is 1. The molecule has 3 nitrogen and oxygen atoms in total. The van der Waals surface area contributed by atoms with Crippen molar-refractivity contribution in [2.45, 2.75) is 38.1 Å². The van der Waals surface area contributed by atoms with E-state index in [1.807, 2.05) is 12.4 Å². The van der Waals surface area contributed by atoms with Crippen LogP contribution in [0.4, 0.5) is 0 Å². The van der Waals surface area contributed by atoms with Gasteiger partial charge in [0.2, 0.25) is 6.08 Å². The van der Waals surface area contributed by atoms with Gasteiger partial charge in [-0.2, -0.15) is 4.99 Å². The average molecular weight is 252 g/mol. The molecule has 0 spiro atoms. The lowest BCUT2D eigenvalue weighted by Gasteiger charge is -2.12. The van der Waals surface area contributed by atoms with E-state index in [4.69, 9.17) is 0 Å². The maximum Gasteiger partial charge on any atom is 0.235 e. The third-order valence-electron chi connectivity index (χ3n) is 3.93. The van der Waals surface area contributed by atoms with Gasteiger partial charge < -0.3 is 0 Å². The van der Waals surface area contributed by atoms with Crippen molar-refractivity contribution >= 4 is 16.9 Å². The van der Waals surface area contributed by atoms with Crippen LogP contribution in [0.5, 0.6) is 0 Å². The Labute approximate surface area is 112 Å². The lowest BCUT2D eigenvalue weighted by Crippen LogP contribution is -2.02. The Morgan fingerprint density at radius 1 is 1.32 bits per heavy atom. The number of hydrogen-bond donors (Lipinski definition) is 0. The van der Waals surface area contributed by atoms with Gasteiger partial charge in [-0.05, 0) is 41.3 Å². The highest BCUT2D eigenvalue weighted by Crippen LogP contribution is 2.49. The highest BCUT2D eigenvalue weighted by Gasteiger charge is 2.44. The van der Waals surface area contributed by atoms with Crippen LogP contribution in [0.25, 0.3) is 10.8 Å². The molecule has 1 saturated carbocycles. The minimum Gasteiger partial charge on any atom is -0.264 e. The fraction of sp³-hybridized carbons (Fsp3) is 0.375. The van der Waals surface area contributed by atoms with Crippen molar-refractivity contribution in [1.29, 1.82) is 0 Å². The standard InChI is InChI=1S/C16H16N2O/c1-11(2)15-9-17-8-12-7-13(3-4-14(12)15)16(5-6-16)18-10-19/h3-4,7-9,11H,5-6H2,1-2H3. The first-order valence-electron chi connectivity index (χ1n) is 6.63. The molecule has 0 N–H and O–H groups in total. The average Bonchev–Trinajstić information content (AvgIpc) is 3.18. The summed E-state index contributed by atoms with van der Waals surface area (Å²) in [6, 6.07) is 6.33.